The number of amides is 1. The van der Waals surface area contributed by atoms with Gasteiger partial charge in [-0.05, 0) is 59.3 Å². The van der Waals surface area contributed by atoms with Crippen LogP contribution in [0, 0.1) is 24.1 Å². The first kappa shape index (κ1) is 22.7. The Bertz CT molecular complexity index is 1190. The van der Waals surface area contributed by atoms with E-state index in [4.69, 9.17) is 4.74 Å². The van der Waals surface area contributed by atoms with E-state index >= 15 is 0 Å². The number of hydrogen-bond acceptors (Lipinski definition) is 3. The molecular weight excluding hydrogens is 527 g/mol. The van der Waals surface area contributed by atoms with Crippen LogP contribution in [-0.2, 0) is 11.4 Å². The quantitative estimate of drug-likeness (QED) is 0.275. The molecule has 1 amide bonds. The second-order valence-corrected chi connectivity index (χ2v) is 8.45. The van der Waals surface area contributed by atoms with Gasteiger partial charge in [0.1, 0.15) is 29.8 Å². The summed E-state index contributed by atoms with van der Waals surface area (Å²) in [7, 11) is 0. The van der Waals surface area contributed by atoms with Gasteiger partial charge in [-0.1, -0.05) is 51.8 Å². The summed E-state index contributed by atoms with van der Waals surface area (Å²) in [5.41, 5.74) is 2.44. The lowest BCUT2D eigenvalue weighted by Gasteiger charge is -2.13. The van der Waals surface area contributed by atoms with Crippen molar-refractivity contribution in [3.8, 4) is 11.8 Å². The van der Waals surface area contributed by atoms with E-state index in [-0.39, 0.29) is 18.0 Å². The van der Waals surface area contributed by atoms with Crippen LogP contribution in [0.1, 0.15) is 16.7 Å². The van der Waals surface area contributed by atoms with Gasteiger partial charge in [0, 0.05) is 21.3 Å². The lowest BCUT2D eigenvalue weighted by molar-refractivity contribution is -0.112. The van der Waals surface area contributed by atoms with Crippen LogP contribution in [0.15, 0.2) is 75.2 Å². The number of nitrogens with one attached hydrogen (secondary N) is 1. The number of rotatable bonds is 6. The van der Waals surface area contributed by atoms with Gasteiger partial charge >= 0.3 is 0 Å². The molecule has 0 aliphatic rings. The average molecular weight is 544 g/mol. The van der Waals surface area contributed by atoms with Crippen molar-refractivity contribution in [1.82, 2.24) is 0 Å². The molecule has 156 valence electrons. The lowest BCUT2D eigenvalue weighted by Crippen LogP contribution is -2.13. The van der Waals surface area contributed by atoms with E-state index in [0.29, 0.717) is 27.0 Å². The Balaban J connectivity index is 1.89. The van der Waals surface area contributed by atoms with Gasteiger partial charge in [0.05, 0.1) is 4.47 Å². The topological polar surface area (TPSA) is 62.1 Å². The molecule has 3 aromatic rings. The number of ether oxygens (including phenoxy) is 1. The van der Waals surface area contributed by atoms with Crippen molar-refractivity contribution in [1.29, 1.82) is 5.26 Å². The number of hydrogen-bond donors (Lipinski definition) is 1. The van der Waals surface area contributed by atoms with E-state index in [1.54, 1.807) is 42.5 Å². The third-order valence-corrected chi connectivity index (χ3v) is 5.39. The van der Waals surface area contributed by atoms with Gasteiger partial charge in [-0.25, -0.2) is 4.39 Å². The van der Waals surface area contributed by atoms with Crippen LogP contribution < -0.4 is 10.1 Å². The monoisotopic (exact) mass is 542 g/mol. The predicted octanol–water partition coefficient (Wildman–Crippen LogP) is 6.78. The van der Waals surface area contributed by atoms with Crippen LogP contribution in [-0.4, -0.2) is 5.91 Å². The third-order valence-electron chi connectivity index (χ3n) is 4.34. The molecule has 31 heavy (non-hydrogen) atoms. The molecule has 7 heteroatoms. The summed E-state index contributed by atoms with van der Waals surface area (Å²) in [6, 6.07) is 19.0. The Hall–Kier alpha value is -2.95. The minimum absolute atomic E-state index is 0.00873. The zero-order valence-electron chi connectivity index (χ0n) is 16.5. The van der Waals surface area contributed by atoms with Gasteiger partial charge in [0.2, 0.25) is 0 Å². The Morgan fingerprint density at radius 2 is 1.87 bits per heavy atom. The normalized spacial score (nSPS) is 11.0. The molecule has 0 fully saturated rings. The fraction of sp³-hybridized carbons (Fsp3) is 0.0833. The van der Waals surface area contributed by atoms with E-state index in [9.17, 15) is 14.4 Å². The number of nitrogens with zero attached hydrogens (tertiary/aromatic N) is 1. The maximum atomic E-state index is 14.0. The molecular formula is C24H17Br2FN2O2. The van der Waals surface area contributed by atoms with Crippen LogP contribution in [0.4, 0.5) is 10.1 Å². The van der Waals surface area contributed by atoms with Gasteiger partial charge in [0.15, 0.2) is 0 Å². The highest BCUT2D eigenvalue weighted by Crippen LogP contribution is 2.35. The fourth-order valence-corrected chi connectivity index (χ4v) is 4.12. The second-order valence-electron chi connectivity index (χ2n) is 6.68. The van der Waals surface area contributed by atoms with Crippen LogP contribution >= 0.6 is 31.9 Å². The van der Waals surface area contributed by atoms with E-state index in [2.05, 4.69) is 37.2 Å². The first-order valence-corrected chi connectivity index (χ1v) is 10.8. The molecule has 0 saturated heterocycles. The van der Waals surface area contributed by atoms with Crippen LogP contribution in [0.25, 0.3) is 6.08 Å². The highest BCUT2D eigenvalue weighted by molar-refractivity contribution is 9.11. The van der Waals surface area contributed by atoms with E-state index in [0.717, 1.165) is 10.0 Å². The smallest absolute Gasteiger partial charge is 0.266 e. The number of benzene rings is 3. The molecule has 0 bridgehead atoms. The van der Waals surface area contributed by atoms with E-state index in [1.165, 1.54) is 12.1 Å². The highest BCUT2D eigenvalue weighted by atomic mass is 79.9. The minimum atomic E-state index is -0.539. The summed E-state index contributed by atoms with van der Waals surface area (Å²) in [6.45, 7) is 1.94. The number of nitriles is 1. The molecule has 4 nitrogen and oxygen atoms in total. The van der Waals surface area contributed by atoms with E-state index < -0.39 is 5.91 Å². The molecule has 0 spiro atoms. The number of carbonyl (C=O) groups excluding carboxylic acids is 1. The molecule has 1 N–H and O–H groups in total. The van der Waals surface area contributed by atoms with Crippen LogP contribution in [0.3, 0.4) is 0 Å². The predicted molar refractivity (Wildman–Crippen MR) is 126 cm³/mol. The molecule has 0 radical (unpaired) electrons. The van der Waals surface area contributed by atoms with Crippen molar-refractivity contribution in [2.45, 2.75) is 13.5 Å². The molecule has 3 aromatic carbocycles. The molecule has 0 aliphatic carbocycles. The van der Waals surface area contributed by atoms with Gasteiger partial charge in [-0.3, -0.25) is 4.79 Å². The highest BCUT2D eigenvalue weighted by Gasteiger charge is 2.15. The maximum absolute atomic E-state index is 14.0. The molecule has 0 saturated carbocycles. The largest absolute Gasteiger partial charge is 0.487 e. The van der Waals surface area contributed by atoms with Crippen LogP contribution in [0.2, 0.25) is 0 Å². The standard InChI is InChI=1S/C24H17Br2FN2O2/c1-15-6-8-20(9-7-15)29-24(30)18(13-28)10-17-11-19(25)12-21(26)23(17)31-14-16-4-2-3-5-22(16)27/h2-12H,14H2,1H3,(H,29,30)/b18-10+. The van der Waals surface area contributed by atoms with Gasteiger partial charge in [-0.2, -0.15) is 5.26 Å². The number of carbonyl (C=O) groups is 1. The summed E-state index contributed by atoms with van der Waals surface area (Å²) in [4.78, 5) is 12.6. The van der Waals surface area contributed by atoms with Crippen molar-refractivity contribution < 1.29 is 13.9 Å². The number of anilines is 1. The fourth-order valence-electron chi connectivity index (χ4n) is 2.74. The first-order valence-electron chi connectivity index (χ1n) is 9.22. The summed E-state index contributed by atoms with van der Waals surface area (Å²) < 4.78 is 21.1. The Labute approximate surface area is 196 Å². The molecule has 0 aromatic heterocycles. The van der Waals surface area contributed by atoms with Crippen molar-refractivity contribution >= 4 is 49.5 Å². The minimum Gasteiger partial charge on any atom is -0.487 e. The third kappa shape index (κ3) is 6.03. The second kappa shape index (κ2) is 10.4. The zero-order chi connectivity index (χ0) is 22.4. The molecule has 0 aliphatic heterocycles. The maximum Gasteiger partial charge on any atom is 0.266 e. The van der Waals surface area contributed by atoms with E-state index in [1.807, 2.05) is 25.1 Å². The Morgan fingerprint density at radius 3 is 2.55 bits per heavy atom. The Kier molecular flexibility index (Phi) is 7.61. The SMILES string of the molecule is Cc1ccc(NC(=O)/C(C#N)=C/c2cc(Br)cc(Br)c2OCc2ccccc2F)cc1. The number of aryl methyl sites for hydroxylation is 1. The average Bonchev–Trinajstić information content (AvgIpc) is 2.74. The van der Waals surface area contributed by atoms with Gasteiger partial charge in [-0.15, -0.1) is 0 Å². The molecule has 0 unspecified atom stereocenters. The summed E-state index contributed by atoms with van der Waals surface area (Å²) in [5, 5.41) is 12.3. The molecule has 0 heterocycles. The summed E-state index contributed by atoms with van der Waals surface area (Å²) in [6.07, 6.45) is 1.44. The van der Waals surface area contributed by atoms with Crippen molar-refractivity contribution in [3.63, 3.8) is 0 Å². The van der Waals surface area contributed by atoms with Gasteiger partial charge in [0.25, 0.3) is 5.91 Å². The van der Waals surface area contributed by atoms with Gasteiger partial charge < -0.3 is 10.1 Å². The van der Waals surface area contributed by atoms with Crippen molar-refractivity contribution in [2.75, 3.05) is 5.32 Å². The summed E-state index contributed by atoms with van der Waals surface area (Å²) >= 11 is 6.84. The Morgan fingerprint density at radius 1 is 1.16 bits per heavy atom. The van der Waals surface area contributed by atoms with Crippen molar-refractivity contribution in [3.05, 3.63) is 97.7 Å². The van der Waals surface area contributed by atoms with Crippen molar-refractivity contribution in [2.24, 2.45) is 0 Å². The number of halogens is 3. The lowest BCUT2D eigenvalue weighted by atomic mass is 10.1. The first-order chi connectivity index (χ1) is 14.9. The summed E-state index contributed by atoms with van der Waals surface area (Å²) in [5.74, 6) is -0.521. The molecule has 3 rings (SSSR count). The van der Waals surface area contributed by atoms with Crippen LogP contribution in [0.5, 0.6) is 5.75 Å². The molecule has 0 atom stereocenters. The zero-order valence-corrected chi connectivity index (χ0v) is 19.6.